The van der Waals surface area contributed by atoms with Gasteiger partial charge in [-0.05, 0) is 30.4 Å². The van der Waals surface area contributed by atoms with Crippen LogP contribution in [0.5, 0.6) is 0 Å². The molecule has 0 saturated heterocycles. The maximum Gasteiger partial charge on any atom is 0.251 e. The summed E-state index contributed by atoms with van der Waals surface area (Å²) in [5.74, 6) is 1.81. The molecule has 0 aliphatic carbocycles. The van der Waals surface area contributed by atoms with Gasteiger partial charge in [-0.2, -0.15) is 12.6 Å². The van der Waals surface area contributed by atoms with Crippen LogP contribution in [0.1, 0.15) is 45.7 Å². The van der Waals surface area contributed by atoms with Crippen molar-refractivity contribution in [3.05, 3.63) is 22.1 Å². The number of hydrogen-bond acceptors (Lipinski definition) is 4. The van der Waals surface area contributed by atoms with Crippen molar-refractivity contribution in [3.63, 3.8) is 0 Å². The molecule has 0 unspecified atom stereocenters. The molecule has 5 heteroatoms. The number of aryl methyl sites for hydroxylation is 1. The van der Waals surface area contributed by atoms with Gasteiger partial charge in [0, 0.05) is 17.5 Å². The third-order valence-corrected chi connectivity index (χ3v) is 5.52. The average Bonchev–Trinajstić information content (AvgIpc) is 2.41. The molecule has 0 fully saturated rings. The highest BCUT2D eigenvalue weighted by atomic mass is 32.2. The van der Waals surface area contributed by atoms with Crippen LogP contribution in [-0.2, 0) is 6.42 Å². The van der Waals surface area contributed by atoms with E-state index >= 15 is 0 Å². The van der Waals surface area contributed by atoms with E-state index in [1.165, 1.54) is 0 Å². The van der Waals surface area contributed by atoms with Gasteiger partial charge in [-0.3, -0.25) is 4.79 Å². The second kappa shape index (κ2) is 8.00. The second-order valence-corrected chi connectivity index (χ2v) is 6.23. The Labute approximate surface area is 125 Å². The molecule has 0 radical (unpaired) electrons. The maximum absolute atomic E-state index is 11.6. The summed E-state index contributed by atoms with van der Waals surface area (Å²) < 4.78 is 0. The van der Waals surface area contributed by atoms with Crippen LogP contribution in [0.2, 0.25) is 0 Å². The Hall–Kier alpha value is -0.420. The van der Waals surface area contributed by atoms with E-state index in [2.05, 4.69) is 43.4 Å². The third kappa shape index (κ3) is 4.88. The summed E-state index contributed by atoms with van der Waals surface area (Å²) in [7, 11) is 0. The molecule has 0 aliphatic heterocycles. The number of aromatic nitrogens is 2. The smallest absolute Gasteiger partial charge is 0.251 e. The molecule has 1 N–H and O–H groups in total. The number of rotatable bonds is 8. The van der Waals surface area contributed by atoms with Crippen LogP contribution >= 0.6 is 24.4 Å². The topological polar surface area (TPSA) is 45.8 Å². The molecule has 19 heavy (non-hydrogen) atoms. The van der Waals surface area contributed by atoms with E-state index in [1.54, 1.807) is 17.8 Å². The largest absolute Gasteiger partial charge is 0.301 e. The van der Waals surface area contributed by atoms with Crippen molar-refractivity contribution < 1.29 is 0 Å². The Kier molecular flexibility index (Phi) is 7.00. The molecule has 1 rings (SSSR count). The van der Waals surface area contributed by atoms with E-state index in [0.29, 0.717) is 0 Å². The van der Waals surface area contributed by atoms with E-state index in [1.807, 2.05) is 0 Å². The number of nitrogens with one attached hydrogen (secondary N) is 1. The van der Waals surface area contributed by atoms with E-state index in [-0.39, 0.29) is 11.0 Å². The number of thiol groups is 1. The predicted molar refractivity (Wildman–Crippen MR) is 86.4 cm³/mol. The van der Waals surface area contributed by atoms with Crippen molar-refractivity contribution in [1.29, 1.82) is 0 Å². The van der Waals surface area contributed by atoms with Gasteiger partial charge in [0.1, 0.15) is 0 Å². The molecule has 0 atom stereocenters. The van der Waals surface area contributed by atoms with Crippen molar-refractivity contribution in [3.8, 4) is 0 Å². The van der Waals surface area contributed by atoms with Gasteiger partial charge in [0.25, 0.3) is 5.56 Å². The SMILES string of the molecule is CCCc1cc(=O)[nH]c(SCC(CC)(CC)CS)n1. The highest BCUT2D eigenvalue weighted by Gasteiger charge is 2.25. The normalized spacial score (nSPS) is 11.8. The molecule has 1 aromatic heterocycles. The molecule has 0 amide bonds. The first-order chi connectivity index (χ1) is 9.09. The van der Waals surface area contributed by atoms with Crippen LogP contribution in [-0.4, -0.2) is 21.5 Å². The number of nitrogens with zero attached hydrogens (tertiary/aromatic N) is 1. The molecular weight excluding hydrogens is 276 g/mol. The van der Waals surface area contributed by atoms with E-state index < -0.39 is 0 Å². The van der Waals surface area contributed by atoms with Gasteiger partial charge < -0.3 is 4.98 Å². The molecule has 108 valence electrons. The first-order valence-electron chi connectivity index (χ1n) is 6.93. The monoisotopic (exact) mass is 300 g/mol. The van der Waals surface area contributed by atoms with E-state index in [0.717, 1.165) is 48.0 Å². The lowest BCUT2D eigenvalue weighted by molar-refractivity contribution is 0.357. The summed E-state index contributed by atoms with van der Waals surface area (Å²) in [5, 5.41) is 0.740. The van der Waals surface area contributed by atoms with Crippen molar-refractivity contribution in [1.82, 2.24) is 9.97 Å². The Morgan fingerprint density at radius 3 is 2.58 bits per heavy atom. The predicted octanol–water partition coefficient (Wildman–Crippen LogP) is 3.55. The van der Waals surface area contributed by atoms with Gasteiger partial charge in [0.05, 0.1) is 0 Å². The quantitative estimate of drug-likeness (QED) is 0.438. The van der Waals surface area contributed by atoms with Gasteiger partial charge in [-0.25, -0.2) is 4.98 Å². The van der Waals surface area contributed by atoms with E-state index in [4.69, 9.17) is 0 Å². The minimum absolute atomic E-state index is 0.0505. The molecule has 0 aromatic carbocycles. The molecule has 1 aromatic rings. The second-order valence-electron chi connectivity index (χ2n) is 4.95. The third-order valence-electron chi connectivity index (χ3n) is 3.63. The van der Waals surface area contributed by atoms with Crippen molar-refractivity contribution in [2.75, 3.05) is 11.5 Å². The molecule has 0 spiro atoms. The van der Waals surface area contributed by atoms with Crippen LogP contribution in [0.15, 0.2) is 16.0 Å². The fourth-order valence-corrected chi connectivity index (χ4v) is 3.90. The maximum atomic E-state index is 11.6. The zero-order valence-corrected chi connectivity index (χ0v) is 13.7. The van der Waals surface area contributed by atoms with Gasteiger partial charge in [0.15, 0.2) is 5.16 Å². The van der Waals surface area contributed by atoms with Crippen LogP contribution < -0.4 is 5.56 Å². The minimum atomic E-state index is -0.0505. The Balaban J connectivity index is 2.79. The summed E-state index contributed by atoms with van der Waals surface area (Å²) >= 11 is 6.12. The summed E-state index contributed by atoms with van der Waals surface area (Å²) in [4.78, 5) is 18.9. The number of H-pyrrole nitrogens is 1. The fourth-order valence-electron chi connectivity index (χ4n) is 1.88. The van der Waals surface area contributed by atoms with Crippen molar-refractivity contribution in [2.45, 2.75) is 51.6 Å². The van der Waals surface area contributed by atoms with Crippen molar-refractivity contribution in [2.24, 2.45) is 5.41 Å². The lowest BCUT2D eigenvalue weighted by Crippen LogP contribution is -2.24. The number of thioether (sulfide) groups is 1. The van der Waals surface area contributed by atoms with Crippen LogP contribution in [0.25, 0.3) is 0 Å². The van der Waals surface area contributed by atoms with Crippen LogP contribution in [0, 0.1) is 5.41 Å². The fraction of sp³-hybridized carbons (Fsp3) is 0.714. The Morgan fingerprint density at radius 2 is 2.05 bits per heavy atom. The first kappa shape index (κ1) is 16.6. The number of aromatic amines is 1. The highest BCUT2D eigenvalue weighted by molar-refractivity contribution is 7.99. The van der Waals surface area contributed by atoms with Gasteiger partial charge in [0.2, 0.25) is 0 Å². The summed E-state index contributed by atoms with van der Waals surface area (Å²) in [5.41, 5.74) is 1.07. The molecule has 1 heterocycles. The molecule has 0 saturated carbocycles. The van der Waals surface area contributed by atoms with Gasteiger partial charge in [-0.1, -0.05) is 39.0 Å². The van der Waals surface area contributed by atoms with E-state index in [9.17, 15) is 4.79 Å². The molecule has 0 bridgehead atoms. The lowest BCUT2D eigenvalue weighted by atomic mass is 9.87. The molecule has 0 aliphatic rings. The van der Waals surface area contributed by atoms with Gasteiger partial charge in [-0.15, -0.1) is 0 Å². The minimum Gasteiger partial charge on any atom is -0.301 e. The van der Waals surface area contributed by atoms with Crippen LogP contribution in [0.4, 0.5) is 0 Å². The number of hydrogen-bond donors (Lipinski definition) is 2. The highest BCUT2D eigenvalue weighted by Crippen LogP contribution is 2.33. The van der Waals surface area contributed by atoms with Crippen molar-refractivity contribution >= 4 is 24.4 Å². The standard InChI is InChI=1S/C14H24N2OS2/c1-4-7-11-8-12(17)16-13(15-11)19-10-14(5-2,6-3)9-18/h8,18H,4-7,9-10H2,1-3H3,(H,15,16,17). The molecule has 3 nitrogen and oxygen atoms in total. The summed E-state index contributed by atoms with van der Waals surface area (Å²) in [6, 6.07) is 1.60. The summed E-state index contributed by atoms with van der Waals surface area (Å²) in [6.45, 7) is 6.49. The lowest BCUT2D eigenvalue weighted by Gasteiger charge is -2.29. The van der Waals surface area contributed by atoms with Gasteiger partial charge >= 0.3 is 0 Å². The Morgan fingerprint density at radius 1 is 1.37 bits per heavy atom. The Bertz CT molecular complexity index is 433. The first-order valence-corrected chi connectivity index (χ1v) is 8.54. The zero-order valence-electron chi connectivity index (χ0n) is 12.0. The summed E-state index contributed by atoms with van der Waals surface area (Å²) in [6.07, 6.45) is 4.06. The average molecular weight is 300 g/mol. The molecular formula is C14H24N2OS2. The van der Waals surface area contributed by atoms with Crippen LogP contribution in [0.3, 0.4) is 0 Å². The zero-order chi connectivity index (χ0) is 14.3.